The summed E-state index contributed by atoms with van der Waals surface area (Å²) in [6.07, 6.45) is -11.5. The van der Waals surface area contributed by atoms with Crippen LogP contribution in [0.3, 0.4) is 0 Å². The largest absolute Gasteiger partial charge is 0.387 e. The standard InChI is InChI=1S/C47H52O11/c48-40-38(31-51-26-33-16-6-1-7-17-33)57-47(43(41(40)49)53-28-35-20-10-3-11-21-35)58-42-39(32-52-27-34-18-8-2-9-19-34)56-46(50)45(55-30-37-24-14-5-15-25-37)44(42)54-29-36-22-12-4-13-23-36/h1-25,38-50H,26-32H2. The van der Waals surface area contributed by atoms with Crippen molar-refractivity contribution in [2.24, 2.45) is 0 Å². The van der Waals surface area contributed by atoms with Gasteiger partial charge in [-0.3, -0.25) is 0 Å². The van der Waals surface area contributed by atoms with Gasteiger partial charge in [-0.1, -0.05) is 152 Å². The Balaban J connectivity index is 1.18. The first kappa shape index (κ1) is 41.8. The lowest BCUT2D eigenvalue weighted by molar-refractivity contribution is -0.369. The van der Waals surface area contributed by atoms with Crippen molar-refractivity contribution in [2.75, 3.05) is 13.2 Å². The van der Waals surface area contributed by atoms with Crippen LogP contribution in [0.25, 0.3) is 0 Å². The van der Waals surface area contributed by atoms with E-state index in [9.17, 15) is 15.3 Å². The molecular formula is C47H52O11. The number of hydrogen-bond acceptors (Lipinski definition) is 11. The molecular weight excluding hydrogens is 741 g/mol. The first-order chi connectivity index (χ1) is 28.5. The fraction of sp³-hybridized carbons (Fsp3) is 0.362. The second-order valence-electron chi connectivity index (χ2n) is 14.5. The summed E-state index contributed by atoms with van der Waals surface area (Å²) in [5.41, 5.74) is 4.54. The van der Waals surface area contributed by atoms with Gasteiger partial charge in [0.1, 0.15) is 48.8 Å². The summed E-state index contributed by atoms with van der Waals surface area (Å²) in [4.78, 5) is 0. The van der Waals surface area contributed by atoms with Crippen LogP contribution in [0.15, 0.2) is 152 Å². The second-order valence-corrected chi connectivity index (χ2v) is 14.5. The zero-order chi connectivity index (χ0) is 39.9. The molecule has 2 aliphatic rings. The van der Waals surface area contributed by atoms with Gasteiger partial charge in [-0.15, -0.1) is 0 Å². The molecule has 7 rings (SSSR count). The molecule has 58 heavy (non-hydrogen) atoms. The molecule has 5 aromatic rings. The highest BCUT2D eigenvalue weighted by atomic mass is 16.7. The molecule has 11 heteroatoms. The SMILES string of the molecule is OC1OC(COCc2ccccc2)C(OC2OC(COCc3ccccc3)C(O)C(O)C2OCc2ccccc2)C(OCc2ccccc2)C1OCc1ccccc1. The highest BCUT2D eigenvalue weighted by molar-refractivity contribution is 5.17. The molecule has 2 aliphatic heterocycles. The number of rotatable bonds is 19. The molecule has 10 atom stereocenters. The van der Waals surface area contributed by atoms with Crippen molar-refractivity contribution in [3.05, 3.63) is 179 Å². The van der Waals surface area contributed by atoms with Crippen molar-refractivity contribution in [1.82, 2.24) is 0 Å². The molecule has 10 unspecified atom stereocenters. The molecule has 2 saturated heterocycles. The lowest BCUT2D eigenvalue weighted by Crippen LogP contribution is -2.65. The third-order valence-electron chi connectivity index (χ3n) is 10.2. The van der Waals surface area contributed by atoms with Crippen LogP contribution in [0, 0.1) is 0 Å². The Hall–Kier alpha value is -4.34. The summed E-state index contributed by atoms with van der Waals surface area (Å²) in [6, 6.07) is 48.1. The minimum absolute atomic E-state index is 0.00424. The molecule has 11 nitrogen and oxygen atoms in total. The first-order valence-corrected chi connectivity index (χ1v) is 19.7. The highest BCUT2D eigenvalue weighted by Gasteiger charge is 2.53. The van der Waals surface area contributed by atoms with E-state index in [0.29, 0.717) is 0 Å². The maximum absolute atomic E-state index is 11.7. The maximum atomic E-state index is 11.7. The summed E-state index contributed by atoms with van der Waals surface area (Å²) < 4.78 is 51.3. The summed E-state index contributed by atoms with van der Waals surface area (Å²) >= 11 is 0. The average Bonchev–Trinajstić information content (AvgIpc) is 3.26. The third-order valence-corrected chi connectivity index (χ3v) is 10.2. The minimum Gasteiger partial charge on any atom is -0.387 e. The predicted octanol–water partition coefficient (Wildman–Crippen LogP) is 5.73. The van der Waals surface area contributed by atoms with Crippen molar-refractivity contribution in [1.29, 1.82) is 0 Å². The van der Waals surface area contributed by atoms with E-state index in [-0.39, 0.29) is 46.2 Å². The lowest BCUT2D eigenvalue weighted by Gasteiger charge is -2.48. The predicted molar refractivity (Wildman–Crippen MR) is 214 cm³/mol. The van der Waals surface area contributed by atoms with Crippen molar-refractivity contribution < 1.29 is 53.2 Å². The molecule has 306 valence electrons. The Bertz CT molecular complexity index is 1870. The highest BCUT2D eigenvalue weighted by Crippen LogP contribution is 2.34. The number of benzene rings is 5. The van der Waals surface area contributed by atoms with E-state index >= 15 is 0 Å². The number of hydrogen-bond donors (Lipinski definition) is 3. The van der Waals surface area contributed by atoms with Gasteiger partial charge in [-0.25, -0.2) is 0 Å². The Morgan fingerprint density at radius 2 is 0.759 bits per heavy atom. The van der Waals surface area contributed by atoms with Gasteiger partial charge in [0.15, 0.2) is 12.6 Å². The van der Waals surface area contributed by atoms with E-state index in [0.717, 1.165) is 27.8 Å². The number of ether oxygens (including phenoxy) is 8. The summed E-state index contributed by atoms with van der Waals surface area (Å²) in [7, 11) is 0. The molecule has 0 bridgehead atoms. The monoisotopic (exact) mass is 792 g/mol. The molecule has 3 N–H and O–H groups in total. The molecule has 0 aromatic heterocycles. The van der Waals surface area contributed by atoms with Crippen molar-refractivity contribution in [2.45, 2.75) is 94.4 Å². The van der Waals surface area contributed by atoms with Crippen LogP contribution in [0.1, 0.15) is 27.8 Å². The topological polar surface area (TPSA) is 135 Å². The van der Waals surface area contributed by atoms with E-state index in [4.69, 9.17) is 37.9 Å². The van der Waals surface area contributed by atoms with Gasteiger partial charge in [-0.05, 0) is 27.8 Å². The van der Waals surface area contributed by atoms with Crippen molar-refractivity contribution in [3.8, 4) is 0 Å². The zero-order valence-corrected chi connectivity index (χ0v) is 32.3. The normalized spacial score (nSPS) is 27.3. The first-order valence-electron chi connectivity index (χ1n) is 19.7. The number of aliphatic hydroxyl groups excluding tert-OH is 3. The number of aliphatic hydroxyl groups is 3. The van der Waals surface area contributed by atoms with Gasteiger partial charge in [0.25, 0.3) is 0 Å². The molecule has 0 saturated carbocycles. The van der Waals surface area contributed by atoms with Gasteiger partial charge >= 0.3 is 0 Å². The van der Waals surface area contributed by atoms with E-state index in [2.05, 4.69) is 0 Å². The van der Waals surface area contributed by atoms with Gasteiger partial charge in [-0.2, -0.15) is 0 Å². The quantitative estimate of drug-likeness (QED) is 0.0948. The Morgan fingerprint density at radius 1 is 0.379 bits per heavy atom. The summed E-state index contributed by atoms with van der Waals surface area (Å²) in [5.74, 6) is 0. The van der Waals surface area contributed by atoms with E-state index < -0.39 is 61.4 Å². The molecule has 0 amide bonds. The smallest absolute Gasteiger partial charge is 0.187 e. The van der Waals surface area contributed by atoms with Crippen LogP contribution in [0.5, 0.6) is 0 Å². The van der Waals surface area contributed by atoms with Crippen LogP contribution in [0.2, 0.25) is 0 Å². The molecule has 0 spiro atoms. The van der Waals surface area contributed by atoms with E-state index in [1.54, 1.807) is 0 Å². The molecule has 2 heterocycles. The van der Waals surface area contributed by atoms with Crippen LogP contribution in [0.4, 0.5) is 0 Å². The van der Waals surface area contributed by atoms with E-state index in [1.807, 2.05) is 152 Å². The molecule has 0 aliphatic carbocycles. The Kier molecular flexibility index (Phi) is 15.6. The van der Waals surface area contributed by atoms with Gasteiger partial charge in [0, 0.05) is 0 Å². The Morgan fingerprint density at radius 3 is 1.21 bits per heavy atom. The maximum Gasteiger partial charge on any atom is 0.187 e. The fourth-order valence-corrected chi connectivity index (χ4v) is 7.08. The Labute approximate surface area is 339 Å². The molecule has 2 fully saturated rings. The average molecular weight is 793 g/mol. The van der Waals surface area contributed by atoms with Gasteiger partial charge in [0.05, 0.1) is 46.2 Å². The van der Waals surface area contributed by atoms with Crippen molar-refractivity contribution in [3.63, 3.8) is 0 Å². The molecule has 0 radical (unpaired) electrons. The lowest BCUT2D eigenvalue weighted by atomic mass is 9.96. The minimum atomic E-state index is -1.43. The van der Waals surface area contributed by atoms with Gasteiger partial charge in [0.2, 0.25) is 0 Å². The molecule has 5 aromatic carbocycles. The van der Waals surface area contributed by atoms with Crippen LogP contribution in [-0.4, -0.2) is 89.9 Å². The summed E-state index contributed by atoms with van der Waals surface area (Å²) in [5, 5.41) is 34.7. The zero-order valence-electron chi connectivity index (χ0n) is 32.3. The second kappa shape index (κ2) is 21.6. The third kappa shape index (κ3) is 11.7. The van der Waals surface area contributed by atoms with Crippen LogP contribution in [-0.2, 0) is 70.9 Å². The van der Waals surface area contributed by atoms with E-state index in [1.165, 1.54) is 0 Å². The van der Waals surface area contributed by atoms with Crippen LogP contribution >= 0.6 is 0 Å². The van der Waals surface area contributed by atoms with Crippen LogP contribution < -0.4 is 0 Å². The van der Waals surface area contributed by atoms with Gasteiger partial charge < -0.3 is 53.2 Å². The van der Waals surface area contributed by atoms with Crippen molar-refractivity contribution >= 4 is 0 Å². The fourth-order valence-electron chi connectivity index (χ4n) is 7.08. The summed E-state index contributed by atoms with van der Waals surface area (Å²) in [6.45, 7) is 0.942.